The van der Waals surface area contributed by atoms with Crippen LogP contribution in [0.1, 0.15) is 49.9 Å². The molecule has 0 amide bonds. The molecule has 2 nitrogen and oxygen atoms in total. The van der Waals surface area contributed by atoms with Crippen LogP contribution in [0.5, 0.6) is 0 Å². The van der Waals surface area contributed by atoms with Crippen molar-refractivity contribution in [3.05, 3.63) is 229 Å². The monoisotopic (exact) mass is 794 g/mol. The first-order chi connectivity index (χ1) is 30.3. The highest BCUT2D eigenvalue weighted by molar-refractivity contribution is 6.18. The van der Waals surface area contributed by atoms with Gasteiger partial charge in [0.1, 0.15) is 0 Å². The lowest BCUT2D eigenvalue weighted by Gasteiger charge is -2.28. The minimum atomic E-state index is -0.0897. The molecular weight excluding hydrogens is 749 g/mol. The highest BCUT2D eigenvalue weighted by atomic mass is 15.1. The van der Waals surface area contributed by atoms with E-state index < -0.39 is 0 Å². The summed E-state index contributed by atoms with van der Waals surface area (Å²) in [6.07, 6.45) is 0. The van der Waals surface area contributed by atoms with Crippen LogP contribution < -0.4 is 9.80 Å². The highest BCUT2D eigenvalue weighted by Crippen LogP contribution is 2.52. The number of fused-ring (bicyclic) bond motifs is 11. The summed E-state index contributed by atoms with van der Waals surface area (Å²) >= 11 is 0. The quantitative estimate of drug-likeness (QED) is 0.155. The van der Waals surface area contributed by atoms with Crippen molar-refractivity contribution in [3.8, 4) is 22.3 Å². The number of benzene rings is 10. The molecule has 2 heteroatoms. The van der Waals surface area contributed by atoms with Crippen LogP contribution in [0.3, 0.4) is 0 Å². The summed E-state index contributed by atoms with van der Waals surface area (Å²) in [6.45, 7) is 9.42. The van der Waals surface area contributed by atoms with Gasteiger partial charge >= 0.3 is 0 Å². The van der Waals surface area contributed by atoms with Gasteiger partial charge in [0.25, 0.3) is 0 Å². The van der Waals surface area contributed by atoms with E-state index in [4.69, 9.17) is 0 Å². The minimum absolute atomic E-state index is 0.0853. The van der Waals surface area contributed by atoms with E-state index in [-0.39, 0.29) is 10.8 Å². The molecule has 0 N–H and O–H groups in total. The fourth-order valence-corrected chi connectivity index (χ4v) is 10.8. The second kappa shape index (κ2) is 13.5. The smallest absolute Gasteiger partial charge is 0.0468 e. The molecule has 0 saturated carbocycles. The Bertz CT molecular complexity index is 3410. The summed E-state index contributed by atoms with van der Waals surface area (Å²) < 4.78 is 0. The zero-order valence-corrected chi connectivity index (χ0v) is 35.5. The third-order valence-corrected chi connectivity index (χ3v) is 14.0. The van der Waals surface area contributed by atoms with Crippen molar-refractivity contribution >= 4 is 66.4 Å². The topological polar surface area (TPSA) is 6.48 Å². The van der Waals surface area contributed by atoms with Crippen molar-refractivity contribution in [2.24, 2.45) is 0 Å². The summed E-state index contributed by atoms with van der Waals surface area (Å²) in [5, 5.41) is 7.44. The second-order valence-corrected chi connectivity index (χ2v) is 18.2. The van der Waals surface area contributed by atoms with Crippen LogP contribution in [0.2, 0.25) is 0 Å². The van der Waals surface area contributed by atoms with Crippen molar-refractivity contribution in [3.63, 3.8) is 0 Å². The predicted octanol–water partition coefficient (Wildman–Crippen LogP) is 16.7. The first-order valence-electron chi connectivity index (χ1n) is 21.8. The molecule has 0 radical (unpaired) electrons. The fraction of sp³-hybridized carbons (Fsp3) is 0.100. The number of rotatable bonds is 6. The molecule has 0 aromatic heterocycles. The lowest BCUT2D eigenvalue weighted by Crippen LogP contribution is -2.16. The average Bonchev–Trinajstić information content (AvgIpc) is 3.68. The van der Waals surface area contributed by atoms with E-state index >= 15 is 0 Å². The Morgan fingerprint density at radius 1 is 0.258 bits per heavy atom. The zero-order valence-electron chi connectivity index (χ0n) is 35.5. The summed E-state index contributed by atoms with van der Waals surface area (Å²) in [5.74, 6) is 0. The number of para-hydroxylation sites is 2. The van der Waals surface area contributed by atoms with Gasteiger partial charge in [-0.3, -0.25) is 0 Å². The third kappa shape index (κ3) is 5.43. The number of nitrogens with zero attached hydrogens (tertiary/aromatic N) is 2. The molecule has 296 valence electrons. The molecule has 62 heavy (non-hydrogen) atoms. The first kappa shape index (κ1) is 36.4. The van der Waals surface area contributed by atoms with Crippen LogP contribution in [0, 0.1) is 0 Å². The highest BCUT2D eigenvalue weighted by Gasteiger charge is 2.37. The van der Waals surface area contributed by atoms with Crippen LogP contribution in [0.25, 0.3) is 54.6 Å². The normalized spacial score (nSPS) is 14.1. The van der Waals surface area contributed by atoms with Crippen molar-refractivity contribution in [1.82, 2.24) is 0 Å². The van der Waals surface area contributed by atoms with Crippen LogP contribution in [-0.2, 0) is 10.8 Å². The Morgan fingerprint density at radius 2 is 0.645 bits per heavy atom. The molecule has 0 fully saturated rings. The Balaban J connectivity index is 0.972. The molecule has 2 aliphatic rings. The van der Waals surface area contributed by atoms with Crippen molar-refractivity contribution in [1.29, 1.82) is 0 Å². The van der Waals surface area contributed by atoms with Gasteiger partial charge in [-0.2, -0.15) is 0 Å². The second-order valence-electron chi connectivity index (χ2n) is 18.2. The van der Waals surface area contributed by atoms with Crippen molar-refractivity contribution in [2.45, 2.75) is 38.5 Å². The number of hydrogen-bond donors (Lipinski definition) is 0. The lowest BCUT2D eigenvalue weighted by molar-refractivity contribution is 0.660. The zero-order chi connectivity index (χ0) is 41.7. The predicted molar refractivity (Wildman–Crippen MR) is 263 cm³/mol. The summed E-state index contributed by atoms with van der Waals surface area (Å²) in [7, 11) is 0. The van der Waals surface area contributed by atoms with Gasteiger partial charge in [-0.25, -0.2) is 0 Å². The molecule has 10 aromatic carbocycles. The molecule has 10 aromatic rings. The molecule has 0 unspecified atom stereocenters. The largest absolute Gasteiger partial charge is 0.310 e. The molecule has 2 aliphatic carbocycles. The van der Waals surface area contributed by atoms with Gasteiger partial charge in [-0.05, 0) is 150 Å². The molecule has 0 heterocycles. The standard InChI is InChI=1S/C60H46N2/c1-59(2)55-21-13-11-19-50(55)52-33-28-45(37-57(52)59)61(41-15-7-5-8-16-41)43-27-32-47-40(35-43)25-31-49-48(47)30-24-39-23-26-44(36-54(39)49)62(42-17-9-6-10-18-42)46-29-34-53-51-20-12-14-22-56(51)60(3,4)58(53)38-46/h5-38H,1-4H3. The Hall–Kier alpha value is -7.42. The summed E-state index contributed by atoms with van der Waals surface area (Å²) in [5.41, 5.74) is 17.6. The van der Waals surface area contributed by atoms with Crippen LogP contribution in [0.15, 0.2) is 206 Å². The first-order valence-corrected chi connectivity index (χ1v) is 21.8. The summed E-state index contributed by atoms with van der Waals surface area (Å²) in [4.78, 5) is 4.83. The molecule has 0 saturated heterocycles. The summed E-state index contributed by atoms with van der Waals surface area (Å²) in [6, 6.07) is 76.6. The molecular formula is C60H46N2. The molecule has 0 spiro atoms. The van der Waals surface area contributed by atoms with Gasteiger partial charge in [0.15, 0.2) is 0 Å². The third-order valence-electron chi connectivity index (χ3n) is 14.0. The van der Waals surface area contributed by atoms with Gasteiger partial charge in [0.2, 0.25) is 0 Å². The SMILES string of the molecule is CC1(C)c2ccccc2-c2ccc(N(c3ccccc3)c3ccc4c(ccc5c6cc(N(c7ccccc7)c7ccc8c(c7)C(C)(C)c7ccccc7-8)ccc6ccc45)c3)cc21. The van der Waals surface area contributed by atoms with Gasteiger partial charge in [-0.1, -0.05) is 161 Å². The van der Waals surface area contributed by atoms with E-state index in [1.807, 2.05) is 0 Å². The van der Waals surface area contributed by atoms with Crippen molar-refractivity contribution < 1.29 is 0 Å². The maximum Gasteiger partial charge on any atom is 0.0468 e. The van der Waals surface area contributed by atoms with Gasteiger partial charge in [-0.15, -0.1) is 0 Å². The Labute approximate surface area is 364 Å². The van der Waals surface area contributed by atoms with E-state index in [2.05, 4.69) is 244 Å². The average molecular weight is 795 g/mol. The number of anilines is 6. The maximum atomic E-state index is 2.42. The van der Waals surface area contributed by atoms with Gasteiger partial charge in [0.05, 0.1) is 0 Å². The van der Waals surface area contributed by atoms with Crippen LogP contribution >= 0.6 is 0 Å². The fourth-order valence-electron chi connectivity index (χ4n) is 10.8. The molecule has 12 rings (SSSR count). The van der Waals surface area contributed by atoms with Crippen LogP contribution in [-0.4, -0.2) is 0 Å². The van der Waals surface area contributed by atoms with Gasteiger partial charge < -0.3 is 9.80 Å². The van der Waals surface area contributed by atoms with E-state index in [0.29, 0.717) is 0 Å². The molecule has 0 atom stereocenters. The van der Waals surface area contributed by atoms with Crippen LogP contribution in [0.4, 0.5) is 34.1 Å². The Kier molecular flexibility index (Phi) is 7.96. The van der Waals surface area contributed by atoms with Gasteiger partial charge in [0, 0.05) is 45.0 Å². The Morgan fingerprint density at radius 3 is 1.21 bits per heavy atom. The van der Waals surface area contributed by atoms with Crippen molar-refractivity contribution in [2.75, 3.05) is 9.80 Å². The lowest BCUT2D eigenvalue weighted by atomic mass is 9.82. The molecule has 0 aliphatic heterocycles. The van der Waals surface area contributed by atoms with E-state index in [9.17, 15) is 0 Å². The number of hydrogen-bond acceptors (Lipinski definition) is 2. The molecule has 0 bridgehead atoms. The van der Waals surface area contributed by atoms with E-state index in [0.717, 1.165) is 34.1 Å². The van der Waals surface area contributed by atoms with E-state index in [1.165, 1.54) is 76.8 Å². The maximum absolute atomic E-state index is 2.42. The minimum Gasteiger partial charge on any atom is -0.310 e. The van der Waals surface area contributed by atoms with E-state index in [1.54, 1.807) is 0 Å².